The molecule has 0 atom stereocenters. The molecule has 38 heavy (non-hydrogen) atoms. The molecule has 192 valence electrons. The Balaban J connectivity index is 1.38. The van der Waals surface area contributed by atoms with Gasteiger partial charge in [-0.15, -0.1) is 0 Å². The summed E-state index contributed by atoms with van der Waals surface area (Å²) in [6.45, 7) is 5.32. The molecule has 4 amide bonds. The Labute approximate surface area is 221 Å². The minimum absolute atomic E-state index is 0.0882. The van der Waals surface area contributed by atoms with Crippen LogP contribution in [0.25, 0.3) is 17.0 Å². The molecule has 2 heterocycles. The number of hydrogen-bond acceptors (Lipinski definition) is 4. The zero-order chi connectivity index (χ0) is 26.6. The first-order valence-corrected chi connectivity index (χ1v) is 12.7. The summed E-state index contributed by atoms with van der Waals surface area (Å²) < 4.78 is 7.96. The predicted molar refractivity (Wildman–Crippen MR) is 148 cm³/mol. The summed E-state index contributed by atoms with van der Waals surface area (Å²) in [6.07, 6.45) is 5.12. The monoisotopic (exact) mass is 507 g/mol. The van der Waals surface area contributed by atoms with Gasteiger partial charge in [-0.1, -0.05) is 55.0 Å². The van der Waals surface area contributed by atoms with E-state index in [0.717, 1.165) is 45.5 Å². The van der Waals surface area contributed by atoms with Crippen molar-refractivity contribution in [1.29, 1.82) is 0 Å². The van der Waals surface area contributed by atoms with Crippen molar-refractivity contribution in [2.24, 2.45) is 0 Å². The normalized spacial score (nSPS) is 14.8. The number of anilines is 1. The van der Waals surface area contributed by atoms with Crippen LogP contribution in [0.15, 0.2) is 84.6 Å². The number of ether oxygens (including phenoxy) is 1. The molecule has 1 aliphatic rings. The number of carbonyl (C=O) groups excluding carboxylic acids is 3. The van der Waals surface area contributed by atoms with Gasteiger partial charge in [-0.2, -0.15) is 0 Å². The number of aromatic nitrogens is 1. The molecular formula is C31H29N3O4. The lowest BCUT2D eigenvalue weighted by molar-refractivity contribution is -0.122. The Morgan fingerprint density at radius 3 is 2.39 bits per heavy atom. The molecule has 0 bridgehead atoms. The maximum absolute atomic E-state index is 13.4. The molecule has 4 aromatic rings. The fraction of sp³-hybridized carbons (Fsp3) is 0.194. The number of urea groups is 1. The van der Waals surface area contributed by atoms with Crippen LogP contribution in [0.2, 0.25) is 0 Å². The second-order valence-electron chi connectivity index (χ2n) is 9.29. The van der Waals surface area contributed by atoms with Crippen LogP contribution >= 0.6 is 0 Å². The van der Waals surface area contributed by atoms with Crippen molar-refractivity contribution in [3.05, 3.63) is 101 Å². The lowest BCUT2D eigenvalue weighted by Gasteiger charge is -2.26. The lowest BCUT2D eigenvalue weighted by atomic mass is 10.1. The second kappa shape index (κ2) is 10.8. The van der Waals surface area contributed by atoms with Crippen LogP contribution in [-0.4, -0.2) is 29.0 Å². The molecule has 7 nitrogen and oxygen atoms in total. The summed E-state index contributed by atoms with van der Waals surface area (Å²) >= 11 is 0. The number of amides is 4. The van der Waals surface area contributed by atoms with Gasteiger partial charge in [-0.05, 0) is 61.7 Å². The molecule has 7 heteroatoms. The highest BCUT2D eigenvalue weighted by atomic mass is 16.5. The Bertz CT molecular complexity index is 1530. The van der Waals surface area contributed by atoms with Crippen molar-refractivity contribution in [2.45, 2.75) is 33.2 Å². The van der Waals surface area contributed by atoms with Crippen LogP contribution in [0.4, 0.5) is 10.5 Å². The fourth-order valence-corrected chi connectivity index (χ4v) is 4.56. The van der Waals surface area contributed by atoms with Crippen molar-refractivity contribution >= 4 is 40.5 Å². The molecule has 1 aliphatic heterocycles. The highest BCUT2D eigenvalue weighted by molar-refractivity contribution is 6.39. The summed E-state index contributed by atoms with van der Waals surface area (Å²) in [4.78, 5) is 39.7. The minimum atomic E-state index is -0.752. The number of nitrogens with one attached hydrogen (secondary N) is 1. The number of carbonyl (C=O) groups is 3. The Kier molecular flexibility index (Phi) is 7.09. The van der Waals surface area contributed by atoms with E-state index in [-0.39, 0.29) is 5.57 Å². The number of para-hydroxylation sites is 1. The topological polar surface area (TPSA) is 80.6 Å². The fourth-order valence-electron chi connectivity index (χ4n) is 4.56. The van der Waals surface area contributed by atoms with Crippen molar-refractivity contribution < 1.29 is 19.1 Å². The number of benzene rings is 3. The zero-order valence-electron chi connectivity index (χ0n) is 21.4. The van der Waals surface area contributed by atoms with Crippen molar-refractivity contribution in [3.8, 4) is 5.75 Å². The molecule has 3 aromatic carbocycles. The van der Waals surface area contributed by atoms with E-state index in [4.69, 9.17) is 4.74 Å². The third kappa shape index (κ3) is 5.09. The third-order valence-electron chi connectivity index (χ3n) is 6.66. The Hall–Kier alpha value is -4.65. The predicted octanol–water partition coefficient (Wildman–Crippen LogP) is 5.65. The number of nitrogens with zero attached hydrogens (tertiary/aromatic N) is 2. The number of barbiturate groups is 1. The first-order valence-electron chi connectivity index (χ1n) is 12.7. The maximum Gasteiger partial charge on any atom is 0.335 e. The van der Waals surface area contributed by atoms with Gasteiger partial charge in [0.05, 0.1) is 12.3 Å². The average Bonchev–Trinajstić information content (AvgIpc) is 3.27. The number of hydrogen-bond donors (Lipinski definition) is 1. The number of aryl methyl sites for hydroxylation is 3. The molecule has 1 saturated heterocycles. The molecule has 0 saturated carbocycles. The van der Waals surface area contributed by atoms with Gasteiger partial charge in [-0.3, -0.25) is 14.9 Å². The summed E-state index contributed by atoms with van der Waals surface area (Å²) in [7, 11) is 0. The van der Waals surface area contributed by atoms with Gasteiger partial charge in [0.2, 0.25) is 0 Å². The van der Waals surface area contributed by atoms with Gasteiger partial charge in [0, 0.05) is 29.2 Å². The molecule has 0 radical (unpaired) electrons. The quantitative estimate of drug-likeness (QED) is 0.190. The molecular weight excluding hydrogens is 478 g/mol. The van der Waals surface area contributed by atoms with E-state index in [0.29, 0.717) is 18.8 Å². The summed E-state index contributed by atoms with van der Waals surface area (Å²) in [5.74, 6) is -0.514. The smallest absolute Gasteiger partial charge is 0.335 e. The second-order valence-corrected chi connectivity index (χ2v) is 9.29. The van der Waals surface area contributed by atoms with E-state index in [1.54, 1.807) is 18.2 Å². The summed E-state index contributed by atoms with van der Waals surface area (Å²) in [5.41, 5.74) is 4.32. The molecule has 5 rings (SSSR count). The molecule has 1 fully saturated rings. The highest BCUT2D eigenvalue weighted by Gasteiger charge is 2.37. The van der Waals surface area contributed by atoms with E-state index in [9.17, 15) is 14.4 Å². The van der Waals surface area contributed by atoms with E-state index in [1.165, 1.54) is 5.56 Å². The van der Waals surface area contributed by atoms with E-state index in [1.807, 2.05) is 80.7 Å². The maximum atomic E-state index is 13.4. The number of rotatable bonds is 8. The Morgan fingerprint density at radius 1 is 0.921 bits per heavy atom. The summed E-state index contributed by atoms with van der Waals surface area (Å²) in [5, 5.41) is 3.22. The first kappa shape index (κ1) is 25.0. The van der Waals surface area contributed by atoms with Gasteiger partial charge in [0.25, 0.3) is 11.8 Å². The lowest BCUT2D eigenvalue weighted by Crippen LogP contribution is -2.54. The van der Waals surface area contributed by atoms with Crippen LogP contribution < -0.4 is 15.0 Å². The Morgan fingerprint density at radius 2 is 1.66 bits per heavy atom. The van der Waals surface area contributed by atoms with Crippen LogP contribution in [0.1, 0.15) is 30.0 Å². The van der Waals surface area contributed by atoms with Crippen LogP contribution in [0.5, 0.6) is 5.75 Å². The SMILES string of the molecule is CCc1ccc(N2C(=O)NC(=O)C(=Cc3cn(CCCOc4ccc(C)cc4)c4ccccc34)C2=O)cc1. The van der Waals surface area contributed by atoms with Gasteiger partial charge in [0.15, 0.2) is 0 Å². The van der Waals surface area contributed by atoms with Gasteiger partial charge in [0.1, 0.15) is 11.3 Å². The highest BCUT2D eigenvalue weighted by Crippen LogP contribution is 2.27. The molecule has 0 aliphatic carbocycles. The number of fused-ring (bicyclic) bond motifs is 1. The molecule has 0 unspecified atom stereocenters. The largest absolute Gasteiger partial charge is 0.494 e. The average molecular weight is 508 g/mol. The van der Waals surface area contributed by atoms with Crippen LogP contribution in [-0.2, 0) is 22.6 Å². The van der Waals surface area contributed by atoms with Crippen molar-refractivity contribution in [2.75, 3.05) is 11.5 Å². The van der Waals surface area contributed by atoms with Gasteiger partial charge < -0.3 is 9.30 Å². The van der Waals surface area contributed by atoms with Crippen molar-refractivity contribution in [1.82, 2.24) is 9.88 Å². The van der Waals surface area contributed by atoms with E-state index < -0.39 is 17.8 Å². The van der Waals surface area contributed by atoms with E-state index >= 15 is 0 Å². The summed E-state index contributed by atoms with van der Waals surface area (Å²) in [6, 6.07) is 22.2. The van der Waals surface area contributed by atoms with Crippen molar-refractivity contribution in [3.63, 3.8) is 0 Å². The minimum Gasteiger partial charge on any atom is -0.494 e. The van der Waals surface area contributed by atoms with Gasteiger partial charge >= 0.3 is 6.03 Å². The van der Waals surface area contributed by atoms with E-state index in [2.05, 4.69) is 9.88 Å². The zero-order valence-corrected chi connectivity index (χ0v) is 21.4. The number of imide groups is 2. The molecule has 0 spiro atoms. The molecule has 1 N–H and O–H groups in total. The standard InChI is InChI=1S/C31H29N3O4/c1-3-22-11-13-24(14-12-22)34-30(36)27(29(35)32-31(34)37)19-23-20-33(28-8-5-4-7-26(23)28)17-6-18-38-25-15-9-21(2)10-16-25/h4-5,7-16,19-20H,3,6,17-18H2,1-2H3,(H,32,35,37). The van der Waals surface area contributed by atoms with Crippen LogP contribution in [0.3, 0.4) is 0 Å². The molecule has 1 aromatic heterocycles. The van der Waals surface area contributed by atoms with Gasteiger partial charge in [-0.25, -0.2) is 9.69 Å². The first-order chi connectivity index (χ1) is 18.4. The van der Waals surface area contributed by atoms with Crippen LogP contribution in [0, 0.1) is 6.92 Å². The third-order valence-corrected chi connectivity index (χ3v) is 6.66.